The Morgan fingerprint density at radius 2 is 1.33 bits per heavy atom. The minimum atomic E-state index is -4.12. The first kappa shape index (κ1) is 24.2. The predicted molar refractivity (Wildman–Crippen MR) is 129 cm³/mol. The summed E-state index contributed by atoms with van der Waals surface area (Å²) >= 11 is 0. The average molecular weight is 459 g/mol. The van der Waals surface area contributed by atoms with Crippen LogP contribution in [0.2, 0.25) is 0 Å². The molecule has 3 aliphatic carbocycles. The topological polar surface area (TPSA) is 9.23 Å². The third-order valence-electron chi connectivity index (χ3n) is 8.27. The standard InChI is InChI=1S/C29H37F3O/c1-2-3-4-14-27-16-19-28(20-17-27,21-18-27)25-10-6-23(7-11-25)24-8-12-26(13-9-24)33-22-5-15-29(30,31)32/h6-13H,2-5,14-22H2,1H3. The van der Waals surface area contributed by atoms with Gasteiger partial charge < -0.3 is 4.74 Å². The summed E-state index contributed by atoms with van der Waals surface area (Å²) in [6.07, 6.45) is 8.74. The number of halogens is 3. The maximum atomic E-state index is 12.2. The van der Waals surface area contributed by atoms with Crippen LogP contribution in [0.4, 0.5) is 13.2 Å². The molecule has 2 aromatic carbocycles. The van der Waals surface area contributed by atoms with Gasteiger partial charge in [-0.15, -0.1) is 0 Å². The van der Waals surface area contributed by atoms with E-state index in [9.17, 15) is 13.2 Å². The Bertz CT molecular complexity index is 858. The summed E-state index contributed by atoms with van der Waals surface area (Å²) in [5.41, 5.74) is 4.77. The second-order valence-electron chi connectivity index (χ2n) is 10.4. The SMILES string of the molecule is CCCCCC12CCC(c3ccc(-c4ccc(OCCCC(F)(F)F)cc4)cc3)(CC1)CC2. The lowest BCUT2D eigenvalue weighted by Crippen LogP contribution is -2.44. The lowest BCUT2D eigenvalue weighted by molar-refractivity contribution is -0.136. The summed E-state index contributed by atoms with van der Waals surface area (Å²) in [5.74, 6) is 0.614. The molecule has 3 aliphatic rings. The van der Waals surface area contributed by atoms with Gasteiger partial charge in [-0.25, -0.2) is 0 Å². The number of ether oxygens (including phenoxy) is 1. The highest BCUT2D eigenvalue weighted by Gasteiger charge is 2.48. The molecule has 0 N–H and O–H groups in total. The summed E-state index contributed by atoms with van der Waals surface area (Å²) < 4.78 is 42.2. The van der Waals surface area contributed by atoms with Gasteiger partial charge >= 0.3 is 6.18 Å². The van der Waals surface area contributed by atoms with E-state index in [2.05, 4.69) is 31.2 Å². The molecule has 33 heavy (non-hydrogen) atoms. The molecule has 3 saturated carbocycles. The van der Waals surface area contributed by atoms with E-state index >= 15 is 0 Å². The van der Waals surface area contributed by atoms with Gasteiger partial charge in [0.1, 0.15) is 5.75 Å². The van der Waals surface area contributed by atoms with Gasteiger partial charge in [0.25, 0.3) is 0 Å². The van der Waals surface area contributed by atoms with Crippen molar-refractivity contribution in [1.29, 1.82) is 0 Å². The van der Waals surface area contributed by atoms with Crippen LogP contribution in [0, 0.1) is 5.41 Å². The summed E-state index contributed by atoms with van der Waals surface area (Å²) in [7, 11) is 0. The highest BCUT2D eigenvalue weighted by molar-refractivity contribution is 5.64. The molecule has 0 spiro atoms. The largest absolute Gasteiger partial charge is 0.494 e. The molecule has 0 heterocycles. The van der Waals surface area contributed by atoms with Crippen molar-refractivity contribution in [3.8, 4) is 16.9 Å². The van der Waals surface area contributed by atoms with Crippen molar-refractivity contribution in [3.63, 3.8) is 0 Å². The molecule has 0 aromatic heterocycles. The lowest BCUT2D eigenvalue weighted by atomic mass is 9.51. The normalized spacial score (nSPS) is 24.7. The summed E-state index contributed by atoms with van der Waals surface area (Å²) in [4.78, 5) is 0. The Morgan fingerprint density at radius 3 is 1.88 bits per heavy atom. The highest BCUT2D eigenvalue weighted by atomic mass is 19.4. The van der Waals surface area contributed by atoms with Crippen LogP contribution in [-0.4, -0.2) is 12.8 Å². The summed E-state index contributed by atoms with van der Waals surface area (Å²) in [6.45, 7) is 2.37. The molecule has 0 saturated heterocycles. The van der Waals surface area contributed by atoms with Crippen molar-refractivity contribution >= 4 is 0 Å². The van der Waals surface area contributed by atoms with Crippen molar-refractivity contribution in [2.45, 2.75) is 95.6 Å². The van der Waals surface area contributed by atoms with Gasteiger partial charge in [-0.2, -0.15) is 13.2 Å². The van der Waals surface area contributed by atoms with Gasteiger partial charge in [0.15, 0.2) is 0 Å². The molecule has 0 atom stereocenters. The molecule has 2 bridgehead atoms. The first-order valence-corrected chi connectivity index (χ1v) is 12.7. The van der Waals surface area contributed by atoms with Gasteiger partial charge in [-0.1, -0.05) is 62.6 Å². The molecule has 0 unspecified atom stereocenters. The molecule has 0 aliphatic heterocycles. The minimum Gasteiger partial charge on any atom is -0.494 e. The highest BCUT2D eigenvalue weighted by Crippen LogP contribution is 2.59. The fourth-order valence-electron chi connectivity index (χ4n) is 6.04. The van der Waals surface area contributed by atoms with Crippen LogP contribution in [0.15, 0.2) is 48.5 Å². The number of hydrogen-bond acceptors (Lipinski definition) is 1. The van der Waals surface area contributed by atoms with Crippen molar-refractivity contribution in [1.82, 2.24) is 0 Å². The number of fused-ring (bicyclic) bond motifs is 3. The van der Waals surface area contributed by atoms with E-state index in [4.69, 9.17) is 4.74 Å². The quantitative estimate of drug-likeness (QED) is 0.322. The molecule has 4 heteroatoms. The molecule has 180 valence electrons. The third-order valence-corrected chi connectivity index (χ3v) is 8.27. The van der Waals surface area contributed by atoms with E-state index in [0.29, 0.717) is 16.6 Å². The first-order valence-electron chi connectivity index (χ1n) is 12.7. The zero-order chi connectivity index (χ0) is 23.4. The second kappa shape index (κ2) is 10.1. The Hall–Kier alpha value is -1.97. The molecule has 2 aromatic rings. The van der Waals surface area contributed by atoms with Crippen LogP contribution in [-0.2, 0) is 5.41 Å². The number of benzene rings is 2. The van der Waals surface area contributed by atoms with Crippen LogP contribution in [0.5, 0.6) is 5.75 Å². The zero-order valence-electron chi connectivity index (χ0n) is 19.9. The molecule has 1 nitrogen and oxygen atoms in total. The Labute approximate surface area is 196 Å². The fourth-order valence-corrected chi connectivity index (χ4v) is 6.04. The Balaban J connectivity index is 1.33. The summed E-state index contributed by atoms with van der Waals surface area (Å²) in [6, 6.07) is 16.8. The van der Waals surface area contributed by atoms with Crippen molar-refractivity contribution in [3.05, 3.63) is 54.1 Å². The maximum Gasteiger partial charge on any atom is 0.389 e. The molecule has 5 rings (SSSR count). The minimum absolute atomic E-state index is 0.0195. The molecular formula is C29H37F3O. The van der Waals surface area contributed by atoms with E-state index in [1.54, 1.807) is 0 Å². The number of rotatable bonds is 10. The monoisotopic (exact) mass is 458 g/mol. The fraction of sp³-hybridized carbons (Fsp3) is 0.586. The Morgan fingerprint density at radius 1 is 0.758 bits per heavy atom. The van der Waals surface area contributed by atoms with E-state index in [1.165, 1.54) is 75.3 Å². The first-order chi connectivity index (χ1) is 15.8. The van der Waals surface area contributed by atoms with Gasteiger partial charge in [-0.05, 0) is 91.0 Å². The second-order valence-corrected chi connectivity index (χ2v) is 10.4. The van der Waals surface area contributed by atoms with E-state index < -0.39 is 12.6 Å². The smallest absolute Gasteiger partial charge is 0.389 e. The average Bonchev–Trinajstić information content (AvgIpc) is 2.83. The van der Waals surface area contributed by atoms with Gasteiger partial charge in [0, 0.05) is 6.42 Å². The summed E-state index contributed by atoms with van der Waals surface area (Å²) in [5, 5.41) is 0. The van der Waals surface area contributed by atoms with Crippen molar-refractivity contribution < 1.29 is 17.9 Å². The van der Waals surface area contributed by atoms with E-state index in [1.807, 2.05) is 24.3 Å². The van der Waals surface area contributed by atoms with Crippen LogP contribution in [0.1, 0.15) is 89.5 Å². The van der Waals surface area contributed by atoms with E-state index in [0.717, 1.165) is 5.56 Å². The van der Waals surface area contributed by atoms with Crippen LogP contribution in [0.25, 0.3) is 11.1 Å². The van der Waals surface area contributed by atoms with Crippen molar-refractivity contribution in [2.24, 2.45) is 5.41 Å². The number of hydrogen-bond donors (Lipinski definition) is 0. The third kappa shape index (κ3) is 5.94. The predicted octanol–water partition coefficient (Wildman–Crippen LogP) is 9.25. The molecule has 0 amide bonds. The van der Waals surface area contributed by atoms with Crippen LogP contribution in [0.3, 0.4) is 0 Å². The molecule has 0 radical (unpaired) electrons. The number of alkyl halides is 3. The maximum absolute atomic E-state index is 12.2. The lowest BCUT2D eigenvalue weighted by Gasteiger charge is -2.54. The molecular weight excluding hydrogens is 421 g/mol. The zero-order valence-corrected chi connectivity index (χ0v) is 19.9. The van der Waals surface area contributed by atoms with Gasteiger partial charge in [-0.3, -0.25) is 0 Å². The molecule has 3 fully saturated rings. The van der Waals surface area contributed by atoms with Gasteiger partial charge in [0.05, 0.1) is 6.61 Å². The van der Waals surface area contributed by atoms with E-state index in [-0.39, 0.29) is 13.0 Å². The number of unbranched alkanes of at least 4 members (excludes halogenated alkanes) is 2. The van der Waals surface area contributed by atoms with Crippen LogP contribution < -0.4 is 4.74 Å². The van der Waals surface area contributed by atoms with Gasteiger partial charge in [0.2, 0.25) is 0 Å². The Kier molecular flexibility index (Phi) is 7.40. The van der Waals surface area contributed by atoms with Crippen molar-refractivity contribution in [2.75, 3.05) is 6.61 Å². The van der Waals surface area contributed by atoms with Crippen LogP contribution >= 0.6 is 0 Å².